The second kappa shape index (κ2) is 12.9. The average Bonchev–Trinajstić information content (AvgIpc) is 3.70. The summed E-state index contributed by atoms with van der Waals surface area (Å²) < 4.78 is 0. The number of hydrogen-bond donors (Lipinski definition) is 0. The van der Waals surface area contributed by atoms with Crippen molar-refractivity contribution < 1.29 is 51.0 Å². The third-order valence-electron chi connectivity index (χ3n) is 6.91. The molecule has 2 aromatic heterocycles. The summed E-state index contributed by atoms with van der Waals surface area (Å²) >= 11 is 0. The van der Waals surface area contributed by atoms with E-state index in [2.05, 4.69) is 145 Å². The first-order valence-corrected chi connectivity index (χ1v) is 15.2. The molecule has 0 aliphatic heterocycles. The number of rotatable bonds is 2. The molecule has 0 spiro atoms. The van der Waals surface area contributed by atoms with Crippen LogP contribution in [0.5, 0.6) is 0 Å². The van der Waals surface area contributed by atoms with Gasteiger partial charge in [0.15, 0.2) is 0 Å². The summed E-state index contributed by atoms with van der Waals surface area (Å²) in [4.78, 5) is 0. The van der Waals surface area contributed by atoms with Crippen molar-refractivity contribution in [2.45, 2.75) is 0 Å². The molecule has 0 saturated heterocycles. The molecule has 2 heterocycles. The Morgan fingerprint density at radius 2 is 0.667 bits per heavy atom. The molecule has 0 fully saturated rings. The van der Waals surface area contributed by atoms with Crippen molar-refractivity contribution in [2.75, 3.05) is 0 Å². The second-order valence-corrected chi connectivity index (χ2v) is 13.0. The Kier molecular flexibility index (Phi) is 9.78. The molecule has 8 aromatic rings. The van der Waals surface area contributed by atoms with Gasteiger partial charge in [-0.25, -0.2) is 0 Å². The van der Waals surface area contributed by atoms with Crippen molar-refractivity contribution in [1.82, 2.24) is 0 Å². The molecule has 0 saturated carbocycles. The van der Waals surface area contributed by atoms with E-state index in [-0.39, 0.29) is 66.1 Å². The summed E-state index contributed by atoms with van der Waals surface area (Å²) in [5.74, 6) is 9.66. The molecule has 0 amide bonds. The van der Waals surface area contributed by atoms with E-state index >= 15 is 0 Å². The standard InChI is InChI=1S/2C17H12P.2ClH.Zr/c2*1-2-6-14-10-17(9-13(14)5-1)18-11-15-7-3-4-8-16(15)12-18;;;/h2*1-12H;2*1H;/q2*-1;;;+4/p-2. The van der Waals surface area contributed by atoms with Crippen molar-refractivity contribution in [1.29, 1.82) is 0 Å². The molecular weight excluding hydrogens is 632 g/mol. The first-order valence-electron chi connectivity index (χ1n) is 12.3. The normalized spacial score (nSPS) is 10.5. The van der Waals surface area contributed by atoms with Gasteiger partial charge in [0, 0.05) is 0 Å². The molecule has 39 heavy (non-hydrogen) atoms. The van der Waals surface area contributed by atoms with Crippen LogP contribution in [-0.4, -0.2) is 0 Å². The Balaban J connectivity index is 0.000000168. The van der Waals surface area contributed by atoms with Gasteiger partial charge in [-0.1, -0.05) is 71.3 Å². The van der Waals surface area contributed by atoms with Crippen LogP contribution in [0.3, 0.4) is 0 Å². The Bertz CT molecular complexity index is 1550. The first-order chi connectivity index (χ1) is 17.8. The molecule has 0 aliphatic carbocycles. The van der Waals surface area contributed by atoms with Crippen LogP contribution in [-0.2, 0) is 26.2 Å². The minimum absolute atomic E-state index is 0. The largest absolute Gasteiger partial charge is 4.00 e. The van der Waals surface area contributed by atoms with Crippen LogP contribution in [0, 0.1) is 0 Å². The number of benzene rings is 4. The SMILES string of the molecule is [Cl-].[Cl-].[Zr+4].c1ccc2cp(-c3cc4ccccc4[cH-]3)cc2c1.c1ccc2cp(-c3cc4ccccc4[cH-]3)cc2c1. The second-order valence-electron chi connectivity index (χ2n) is 9.27. The van der Waals surface area contributed by atoms with Crippen molar-refractivity contribution in [3.8, 4) is 10.6 Å². The quantitative estimate of drug-likeness (QED) is 0.220. The van der Waals surface area contributed by atoms with Gasteiger partial charge in [-0.05, 0) is 44.7 Å². The van der Waals surface area contributed by atoms with E-state index in [1.54, 1.807) is 0 Å². The fraction of sp³-hybridized carbons (Fsp3) is 0. The molecule has 0 aliphatic rings. The zero-order chi connectivity index (χ0) is 23.9. The molecule has 0 bridgehead atoms. The zero-order valence-electron chi connectivity index (χ0n) is 21.0. The number of halogens is 2. The first kappa shape index (κ1) is 29.6. The summed E-state index contributed by atoms with van der Waals surface area (Å²) in [7, 11) is -0.528. The van der Waals surface area contributed by atoms with Gasteiger partial charge in [0.1, 0.15) is 0 Å². The topological polar surface area (TPSA) is 0 Å². The van der Waals surface area contributed by atoms with Crippen molar-refractivity contribution in [3.63, 3.8) is 0 Å². The van der Waals surface area contributed by atoms with Crippen LogP contribution in [0.15, 0.2) is 145 Å². The number of hydrogen-bond acceptors (Lipinski definition) is 0. The fourth-order valence-electron chi connectivity index (χ4n) is 5.03. The van der Waals surface area contributed by atoms with Crippen LogP contribution < -0.4 is 24.8 Å². The molecule has 188 valence electrons. The third kappa shape index (κ3) is 6.05. The molecule has 0 unspecified atom stereocenters. The Hall–Kier alpha value is -2.36. The Morgan fingerprint density at radius 1 is 0.385 bits per heavy atom. The van der Waals surface area contributed by atoms with Crippen molar-refractivity contribution >= 4 is 58.2 Å². The minimum Gasteiger partial charge on any atom is -1.00 e. The predicted molar refractivity (Wildman–Crippen MR) is 162 cm³/mol. The maximum Gasteiger partial charge on any atom is 4.00 e. The molecular formula is C34H24Cl2P2Zr. The smallest absolute Gasteiger partial charge is 1.00 e. The Morgan fingerprint density at radius 3 is 0.974 bits per heavy atom. The van der Waals surface area contributed by atoms with Crippen LogP contribution in [0.4, 0.5) is 0 Å². The van der Waals surface area contributed by atoms with Gasteiger partial charge in [0.2, 0.25) is 0 Å². The van der Waals surface area contributed by atoms with E-state index in [1.807, 2.05) is 0 Å². The third-order valence-corrected chi connectivity index (χ3v) is 10.8. The molecule has 8 rings (SSSR count). The van der Waals surface area contributed by atoms with Crippen LogP contribution in [0.25, 0.3) is 53.7 Å². The molecule has 6 aromatic carbocycles. The van der Waals surface area contributed by atoms with E-state index in [0.29, 0.717) is 0 Å². The maximum atomic E-state index is 2.42. The summed E-state index contributed by atoms with van der Waals surface area (Å²) in [6, 6.07) is 43.8. The van der Waals surface area contributed by atoms with Crippen LogP contribution in [0.2, 0.25) is 0 Å². The fourth-order valence-corrected chi connectivity index (χ4v) is 9.07. The van der Waals surface area contributed by atoms with Gasteiger partial charge in [0.25, 0.3) is 0 Å². The summed E-state index contributed by atoms with van der Waals surface area (Å²) in [5.41, 5.74) is 0. The van der Waals surface area contributed by atoms with Gasteiger partial charge >= 0.3 is 26.2 Å². The van der Waals surface area contributed by atoms with Gasteiger partial charge in [-0.2, -0.15) is 12.1 Å². The van der Waals surface area contributed by atoms with E-state index in [9.17, 15) is 0 Å². The maximum absolute atomic E-state index is 2.42. The van der Waals surface area contributed by atoms with Gasteiger partial charge < -0.3 is 24.8 Å². The minimum atomic E-state index is -0.264. The van der Waals surface area contributed by atoms with Crippen LogP contribution >= 0.6 is 15.1 Å². The van der Waals surface area contributed by atoms with E-state index in [4.69, 9.17) is 0 Å². The molecule has 0 atom stereocenters. The van der Waals surface area contributed by atoms with Gasteiger partial charge in [-0.15, -0.1) is 85.1 Å². The number of fused-ring (bicyclic) bond motifs is 4. The molecule has 0 N–H and O–H groups in total. The summed E-state index contributed by atoms with van der Waals surface area (Å²) in [5, 5.41) is 13.9. The van der Waals surface area contributed by atoms with Crippen molar-refractivity contribution in [3.05, 3.63) is 145 Å². The monoisotopic (exact) mass is 654 g/mol. The Labute approximate surface area is 262 Å². The molecule has 0 nitrogen and oxygen atoms in total. The molecule has 0 radical (unpaired) electrons. The van der Waals surface area contributed by atoms with Gasteiger partial charge in [-0.3, -0.25) is 0 Å². The van der Waals surface area contributed by atoms with E-state index in [0.717, 1.165) is 0 Å². The zero-order valence-corrected chi connectivity index (χ0v) is 26.8. The van der Waals surface area contributed by atoms with Crippen LogP contribution in [0.1, 0.15) is 0 Å². The average molecular weight is 657 g/mol. The van der Waals surface area contributed by atoms with Crippen molar-refractivity contribution in [2.24, 2.45) is 0 Å². The van der Waals surface area contributed by atoms with E-state index < -0.39 is 0 Å². The predicted octanol–water partition coefficient (Wildman–Crippen LogP) is 5.38. The summed E-state index contributed by atoms with van der Waals surface area (Å²) in [6.07, 6.45) is 0. The molecule has 5 heteroatoms. The van der Waals surface area contributed by atoms with E-state index in [1.165, 1.54) is 53.7 Å². The van der Waals surface area contributed by atoms with Gasteiger partial charge in [0.05, 0.1) is 0 Å². The summed E-state index contributed by atoms with van der Waals surface area (Å²) in [6.45, 7) is 0.